The number of nitrogens with zero attached hydrogens (tertiary/aromatic N) is 1. The van der Waals surface area contributed by atoms with Gasteiger partial charge in [0.25, 0.3) is 0 Å². The molecule has 0 fully saturated rings. The Morgan fingerprint density at radius 3 is 2.15 bits per heavy atom. The normalized spacial score (nSPS) is 10.8. The molecule has 0 saturated carbocycles. The molecule has 0 unspecified atom stereocenters. The molecule has 1 aromatic carbocycles. The summed E-state index contributed by atoms with van der Waals surface area (Å²) < 4.78 is 0. The average Bonchev–Trinajstić information content (AvgIpc) is 2.84. The summed E-state index contributed by atoms with van der Waals surface area (Å²) in [5, 5.41) is 18.0. The van der Waals surface area contributed by atoms with Crippen molar-refractivity contribution in [3.8, 4) is 11.3 Å². The number of H-pyrrole nitrogens is 1. The van der Waals surface area contributed by atoms with Gasteiger partial charge >= 0.3 is 11.9 Å². The molecule has 20 heavy (non-hydrogen) atoms. The van der Waals surface area contributed by atoms with E-state index in [2.05, 4.69) is 9.97 Å². The Morgan fingerprint density at radius 2 is 1.70 bits per heavy atom. The minimum Gasteiger partial charge on any atom is -0.478 e. The third kappa shape index (κ3) is 2.54. The van der Waals surface area contributed by atoms with Crippen molar-refractivity contribution < 1.29 is 19.8 Å². The van der Waals surface area contributed by atoms with Gasteiger partial charge in [-0.05, 0) is 12.1 Å². The monoisotopic (exact) mass is 274 g/mol. The molecule has 2 rings (SSSR count). The largest absolute Gasteiger partial charge is 0.478 e. The first-order valence-electron chi connectivity index (χ1n) is 6.07. The van der Waals surface area contributed by atoms with Crippen LogP contribution in [0.4, 0.5) is 0 Å². The number of aromatic nitrogens is 2. The molecular formula is C14H14N2O4. The lowest BCUT2D eigenvalue weighted by molar-refractivity contribution is 0.0683. The number of carboxylic acids is 2. The molecule has 6 nitrogen and oxygen atoms in total. The summed E-state index contributed by atoms with van der Waals surface area (Å²) >= 11 is 0. The number of aromatic amines is 1. The Labute approximate surface area is 115 Å². The summed E-state index contributed by atoms with van der Waals surface area (Å²) in [6.45, 7) is 3.81. The lowest BCUT2D eigenvalue weighted by atomic mass is 10.1. The first-order chi connectivity index (χ1) is 9.40. The van der Waals surface area contributed by atoms with E-state index < -0.39 is 11.9 Å². The lowest BCUT2D eigenvalue weighted by Gasteiger charge is -2.00. The van der Waals surface area contributed by atoms with Crippen LogP contribution in [-0.2, 0) is 0 Å². The molecule has 0 spiro atoms. The molecule has 2 aromatic rings. The zero-order valence-corrected chi connectivity index (χ0v) is 11.0. The van der Waals surface area contributed by atoms with Gasteiger partial charge in [-0.25, -0.2) is 14.6 Å². The van der Waals surface area contributed by atoms with Crippen LogP contribution in [0.25, 0.3) is 11.3 Å². The summed E-state index contributed by atoms with van der Waals surface area (Å²) in [4.78, 5) is 29.1. The third-order valence-corrected chi connectivity index (χ3v) is 2.89. The van der Waals surface area contributed by atoms with E-state index in [1.165, 1.54) is 12.1 Å². The fourth-order valence-electron chi connectivity index (χ4n) is 1.80. The van der Waals surface area contributed by atoms with Crippen molar-refractivity contribution >= 4 is 11.9 Å². The summed E-state index contributed by atoms with van der Waals surface area (Å²) in [5.74, 6) is -1.47. The maximum absolute atomic E-state index is 11.2. The van der Waals surface area contributed by atoms with Gasteiger partial charge in [0.2, 0.25) is 0 Å². The van der Waals surface area contributed by atoms with Crippen molar-refractivity contribution in [3.05, 3.63) is 41.3 Å². The summed E-state index contributed by atoms with van der Waals surface area (Å²) in [6.07, 6.45) is 0. The zero-order valence-electron chi connectivity index (χ0n) is 11.0. The van der Waals surface area contributed by atoms with E-state index in [4.69, 9.17) is 5.11 Å². The highest BCUT2D eigenvalue weighted by Crippen LogP contribution is 2.24. The second-order valence-corrected chi connectivity index (χ2v) is 4.69. The predicted molar refractivity (Wildman–Crippen MR) is 72.0 cm³/mol. The molecule has 6 heteroatoms. The van der Waals surface area contributed by atoms with Crippen LogP contribution in [0.5, 0.6) is 0 Å². The van der Waals surface area contributed by atoms with Gasteiger partial charge in [-0.3, -0.25) is 0 Å². The fourth-order valence-corrected chi connectivity index (χ4v) is 1.80. The molecular weight excluding hydrogens is 260 g/mol. The van der Waals surface area contributed by atoms with Crippen molar-refractivity contribution in [1.29, 1.82) is 0 Å². The number of benzene rings is 1. The minimum atomic E-state index is -1.10. The highest BCUT2D eigenvalue weighted by molar-refractivity contribution is 5.93. The Morgan fingerprint density at radius 1 is 1.10 bits per heavy atom. The molecule has 0 amide bonds. The molecule has 0 aliphatic carbocycles. The van der Waals surface area contributed by atoms with Crippen LogP contribution < -0.4 is 0 Å². The molecule has 0 radical (unpaired) electrons. The van der Waals surface area contributed by atoms with Gasteiger partial charge in [0, 0.05) is 11.5 Å². The smallest absolute Gasteiger partial charge is 0.354 e. The Bertz CT molecular complexity index is 656. The summed E-state index contributed by atoms with van der Waals surface area (Å²) in [5.41, 5.74) is 1.04. The summed E-state index contributed by atoms with van der Waals surface area (Å²) in [7, 11) is 0. The second-order valence-electron chi connectivity index (χ2n) is 4.69. The highest BCUT2D eigenvalue weighted by atomic mass is 16.4. The number of hydrogen-bond acceptors (Lipinski definition) is 3. The van der Waals surface area contributed by atoms with Crippen LogP contribution in [0.15, 0.2) is 24.3 Å². The Kier molecular flexibility index (Phi) is 3.56. The van der Waals surface area contributed by atoms with E-state index >= 15 is 0 Å². The number of imidazole rings is 1. The number of rotatable bonds is 4. The number of carbonyl (C=O) groups is 2. The molecule has 0 saturated heterocycles. The number of aromatic carboxylic acids is 2. The van der Waals surface area contributed by atoms with Crippen molar-refractivity contribution in [2.75, 3.05) is 0 Å². The SMILES string of the molecule is CC(C)c1nc(-c2ccc(C(=O)O)cc2)c(C(=O)O)[nH]1. The first kappa shape index (κ1) is 13.8. The van der Waals surface area contributed by atoms with Gasteiger partial charge in [0.15, 0.2) is 5.69 Å². The van der Waals surface area contributed by atoms with E-state index in [1.807, 2.05) is 13.8 Å². The maximum Gasteiger partial charge on any atom is 0.354 e. The first-order valence-corrected chi connectivity index (χ1v) is 6.07. The third-order valence-electron chi connectivity index (χ3n) is 2.89. The van der Waals surface area contributed by atoms with Gasteiger partial charge in [-0.2, -0.15) is 0 Å². The maximum atomic E-state index is 11.2. The van der Waals surface area contributed by atoms with Gasteiger partial charge in [0.05, 0.1) is 5.56 Å². The van der Waals surface area contributed by atoms with Crippen molar-refractivity contribution in [3.63, 3.8) is 0 Å². The van der Waals surface area contributed by atoms with E-state index in [9.17, 15) is 14.7 Å². The quantitative estimate of drug-likeness (QED) is 0.795. The molecule has 1 aromatic heterocycles. The lowest BCUT2D eigenvalue weighted by Crippen LogP contribution is -2.00. The molecule has 0 atom stereocenters. The number of nitrogens with one attached hydrogen (secondary N) is 1. The average molecular weight is 274 g/mol. The van der Waals surface area contributed by atoms with E-state index in [0.717, 1.165) is 0 Å². The standard InChI is InChI=1S/C14H14N2O4/c1-7(2)12-15-10(11(16-12)14(19)20)8-3-5-9(6-4-8)13(17)18/h3-7H,1-2H3,(H,15,16)(H,17,18)(H,19,20). The van der Waals surface area contributed by atoms with E-state index in [1.54, 1.807) is 12.1 Å². The van der Waals surface area contributed by atoms with Crippen LogP contribution in [0.1, 0.15) is 46.4 Å². The molecule has 0 aliphatic rings. The van der Waals surface area contributed by atoms with E-state index in [0.29, 0.717) is 17.1 Å². The Hall–Kier alpha value is -2.63. The van der Waals surface area contributed by atoms with Crippen molar-refractivity contribution in [2.24, 2.45) is 0 Å². The van der Waals surface area contributed by atoms with Gasteiger partial charge in [-0.15, -0.1) is 0 Å². The number of hydrogen-bond donors (Lipinski definition) is 3. The van der Waals surface area contributed by atoms with Crippen LogP contribution in [0, 0.1) is 0 Å². The second kappa shape index (κ2) is 5.16. The number of carboxylic acid groups (broad SMARTS) is 2. The zero-order chi connectivity index (χ0) is 14.9. The summed E-state index contributed by atoms with van der Waals surface area (Å²) in [6, 6.07) is 5.95. The minimum absolute atomic E-state index is 0.0109. The highest BCUT2D eigenvalue weighted by Gasteiger charge is 2.19. The fraction of sp³-hybridized carbons (Fsp3) is 0.214. The molecule has 0 aliphatic heterocycles. The van der Waals surface area contributed by atoms with Crippen molar-refractivity contribution in [2.45, 2.75) is 19.8 Å². The molecule has 3 N–H and O–H groups in total. The van der Waals surface area contributed by atoms with Gasteiger partial charge in [-0.1, -0.05) is 26.0 Å². The Balaban J connectivity index is 2.50. The van der Waals surface area contributed by atoms with Gasteiger partial charge in [0.1, 0.15) is 11.5 Å². The van der Waals surface area contributed by atoms with E-state index in [-0.39, 0.29) is 17.2 Å². The van der Waals surface area contributed by atoms with Gasteiger partial charge < -0.3 is 15.2 Å². The van der Waals surface area contributed by atoms with Crippen LogP contribution in [0.3, 0.4) is 0 Å². The van der Waals surface area contributed by atoms with Crippen LogP contribution >= 0.6 is 0 Å². The molecule has 0 bridgehead atoms. The molecule has 104 valence electrons. The predicted octanol–water partition coefficient (Wildman–Crippen LogP) is 2.60. The van der Waals surface area contributed by atoms with Crippen molar-refractivity contribution in [1.82, 2.24) is 9.97 Å². The topological polar surface area (TPSA) is 103 Å². The van der Waals surface area contributed by atoms with Crippen LogP contribution in [0.2, 0.25) is 0 Å². The van der Waals surface area contributed by atoms with Crippen LogP contribution in [-0.4, -0.2) is 32.1 Å². The molecule has 1 heterocycles.